The molecule has 32 valence electrons. The Morgan fingerprint density at radius 2 is 1.50 bits per heavy atom. The fourth-order valence-electron chi connectivity index (χ4n) is 0. The molecule has 0 aromatic heterocycles. The summed E-state index contributed by atoms with van der Waals surface area (Å²) in [7, 11) is 0. The van der Waals surface area contributed by atoms with E-state index < -0.39 is 11.3 Å². The predicted octanol–water partition coefficient (Wildman–Crippen LogP) is 1.14. The number of alkyl halides is 3. The quantitative estimate of drug-likeness (QED) is 0.391. The van der Waals surface area contributed by atoms with Gasteiger partial charge in [-0.1, -0.05) is 0 Å². The molecule has 4 heteroatoms. The molecule has 6 heavy (non-hydrogen) atoms. The van der Waals surface area contributed by atoms with Gasteiger partial charge in [0.1, 0.15) is 0 Å². The summed E-state index contributed by atoms with van der Waals surface area (Å²) in [5.74, 6) is 0. The van der Waals surface area contributed by atoms with Crippen molar-refractivity contribution in [2.75, 3.05) is 0 Å². The van der Waals surface area contributed by atoms with Crippen LogP contribution in [-0.2, 0) is 0 Å². The fourth-order valence-corrected chi connectivity index (χ4v) is 0. The Kier molecular flexibility index (Phi) is 2.02. The van der Waals surface area contributed by atoms with Crippen LogP contribution in [0.15, 0.2) is 0 Å². The summed E-state index contributed by atoms with van der Waals surface area (Å²) in [5.41, 5.74) is 0. The average Bonchev–Trinajstić information content (AvgIpc) is 1.35. The van der Waals surface area contributed by atoms with Crippen LogP contribution in [0.2, 0.25) is 5.09 Å². The summed E-state index contributed by atoms with van der Waals surface area (Å²) >= 11 is 1.08. The van der Waals surface area contributed by atoms with Crippen LogP contribution in [0.25, 0.3) is 0 Å². The molecule has 0 rings (SSSR count). The second kappa shape index (κ2) is 1.90. The molecule has 0 aliphatic heterocycles. The minimum atomic E-state index is -3.96. The molecule has 0 aliphatic carbocycles. The normalized spacial score (nSPS) is 12.2. The van der Waals surface area contributed by atoms with Crippen LogP contribution in [0.3, 0.4) is 0 Å². The Balaban J connectivity index is 3.17. The van der Waals surface area contributed by atoms with Gasteiger partial charge in [-0.05, 0) is 0 Å². The summed E-state index contributed by atoms with van der Waals surface area (Å²) in [6.45, 7) is 0. The molecule has 0 saturated heterocycles. The maximum absolute atomic E-state index is 10.8. The van der Waals surface area contributed by atoms with Crippen LogP contribution in [0, 0.1) is 0 Å². The van der Waals surface area contributed by atoms with E-state index in [0.717, 1.165) is 17.7 Å². The Morgan fingerprint density at radius 3 is 1.50 bits per heavy atom. The second-order valence-electron chi connectivity index (χ2n) is 0.969. The van der Waals surface area contributed by atoms with Gasteiger partial charge >= 0.3 is 42.2 Å². The SMILES string of the molecule is [Li][CH2]C(F)(F)F. The Hall–Kier alpha value is 0.387. The Morgan fingerprint density at radius 1 is 1.33 bits per heavy atom. The van der Waals surface area contributed by atoms with Crippen LogP contribution >= 0.6 is 0 Å². The molecule has 0 aromatic carbocycles. The van der Waals surface area contributed by atoms with E-state index in [1.165, 1.54) is 0 Å². The van der Waals surface area contributed by atoms with E-state index in [-0.39, 0.29) is 0 Å². The van der Waals surface area contributed by atoms with Crippen molar-refractivity contribution < 1.29 is 13.2 Å². The molecular weight excluding hydrogens is 88.0 g/mol. The van der Waals surface area contributed by atoms with Gasteiger partial charge in [-0.2, -0.15) is 0 Å². The first-order chi connectivity index (χ1) is 2.56. The van der Waals surface area contributed by atoms with Gasteiger partial charge in [0.2, 0.25) is 0 Å². The topological polar surface area (TPSA) is 0 Å². The third kappa shape index (κ3) is 4.39. The molecule has 0 bridgehead atoms. The number of hydrogen-bond donors (Lipinski definition) is 0. The van der Waals surface area contributed by atoms with E-state index in [0.29, 0.717) is 0 Å². The molecule has 0 atom stereocenters. The van der Waals surface area contributed by atoms with Gasteiger partial charge < -0.3 is 0 Å². The van der Waals surface area contributed by atoms with Gasteiger partial charge in [0.15, 0.2) is 0 Å². The van der Waals surface area contributed by atoms with Crippen molar-refractivity contribution in [3.05, 3.63) is 0 Å². The summed E-state index contributed by atoms with van der Waals surface area (Å²) in [4.78, 5) is 0. The average molecular weight is 90.0 g/mol. The van der Waals surface area contributed by atoms with Crippen molar-refractivity contribution in [2.45, 2.75) is 11.3 Å². The first kappa shape index (κ1) is 6.39. The summed E-state index contributed by atoms with van der Waals surface area (Å²) in [6, 6.07) is 0. The van der Waals surface area contributed by atoms with Gasteiger partial charge in [-0.15, -0.1) is 0 Å². The summed E-state index contributed by atoms with van der Waals surface area (Å²) in [5, 5.41) is -0.729. The van der Waals surface area contributed by atoms with Gasteiger partial charge in [0, 0.05) is 0 Å². The monoisotopic (exact) mass is 90.0 g/mol. The fraction of sp³-hybridized carbons (Fsp3) is 1.00. The van der Waals surface area contributed by atoms with E-state index in [1.54, 1.807) is 0 Å². The molecule has 0 radical (unpaired) electrons. The summed E-state index contributed by atoms with van der Waals surface area (Å²) < 4.78 is 32.4. The van der Waals surface area contributed by atoms with Crippen LogP contribution in [0.5, 0.6) is 0 Å². The van der Waals surface area contributed by atoms with E-state index in [1.807, 2.05) is 0 Å². The van der Waals surface area contributed by atoms with Crippen molar-refractivity contribution in [3.8, 4) is 0 Å². The molecule has 0 nitrogen and oxygen atoms in total. The van der Waals surface area contributed by atoms with Gasteiger partial charge in [0.05, 0.1) is 0 Å². The second-order valence-corrected chi connectivity index (χ2v) is 0.969. The number of rotatable bonds is 0. The third-order valence-corrected chi connectivity index (χ3v) is 0.401. The van der Waals surface area contributed by atoms with Crippen LogP contribution in [-0.4, -0.2) is 23.9 Å². The van der Waals surface area contributed by atoms with E-state index >= 15 is 0 Å². The number of hydrogen-bond acceptors (Lipinski definition) is 0. The zero-order valence-corrected chi connectivity index (χ0v) is 3.34. The van der Waals surface area contributed by atoms with Gasteiger partial charge in [-0.25, -0.2) is 0 Å². The molecule has 0 saturated carbocycles. The maximum atomic E-state index is 10.8. The minimum absolute atomic E-state index is 0.729. The van der Waals surface area contributed by atoms with Gasteiger partial charge in [-0.3, -0.25) is 0 Å². The van der Waals surface area contributed by atoms with Crippen molar-refractivity contribution in [3.63, 3.8) is 0 Å². The first-order valence-electron chi connectivity index (χ1n) is 1.63. The third-order valence-electron chi connectivity index (χ3n) is 0.401. The van der Waals surface area contributed by atoms with Crippen molar-refractivity contribution >= 4 is 17.7 Å². The van der Waals surface area contributed by atoms with Crippen molar-refractivity contribution in [1.29, 1.82) is 0 Å². The Bertz CT molecular complexity index is 38.5. The molecule has 0 aliphatic rings. The molecular formula is C2H2F3Li. The van der Waals surface area contributed by atoms with Crippen molar-refractivity contribution in [2.24, 2.45) is 0 Å². The molecule has 0 aromatic rings. The van der Waals surface area contributed by atoms with E-state index in [9.17, 15) is 13.2 Å². The number of halogens is 3. The first-order valence-corrected chi connectivity index (χ1v) is 1.63. The standard InChI is InChI=1S/C2H2F3.Li/c1-2(3,4)5;/h1H2;. The zero-order chi connectivity index (χ0) is 5.21. The van der Waals surface area contributed by atoms with Crippen LogP contribution in [0.4, 0.5) is 13.2 Å². The molecule has 0 fully saturated rings. The summed E-state index contributed by atoms with van der Waals surface area (Å²) in [6.07, 6.45) is -3.96. The molecule has 0 N–H and O–H groups in total. The van der Waals surface area contributed by atoms with Crippen molar-refractivity contribution in [1.82, 2.24) is 0 Å². The zero-order valence-electron chi connectivity index (χ0n) is 3.34. The molecule has 0 unspecified atom stereocenters. The molecule has 0 heterocycles. The van der Waals surface area contributed by atoms with Crippen LogP contribution in [0.1, 0.15) is 0 Å². The van der Waals surface area contributed by atoms with Crippen LogP contribution < -0.4 is 0 Å². The van der Waals surface area contributed by atoms with E-state index in [2.05, 4.69) is 0 Å². The Labute approximate surface area is 42.9 Å². The predicted molar refractivity (Wildman–Crippen MR) is 16.6 cm³/mol. The molecule has 0 spiro atoms. The van der Waals surface area contributed by atoms with E-state index in [4.69, 9.17) is 0 Å². The van der Waals surface area contributed by atoms with Gasteiger partial charge in [0.25, 0.3) is 0 Å². The molecule has 0 amide bonds.